The predicted octanol–water partition coefficient (Wildman–Crippen LogP) is 3.95. The maximum Gasteiger partial charge on any atom is 0.222 e. The van der Waals surface area contributed by atoms with Gasteiger partial charge in [-0.1, -0.05) is 31.9 Å². The van der Waals surface area contributed by atoms with Crippen LogP contribution in [0.3, 0.4) is 0 Å². The maximum atomic E-state index is 5.98. The fourth-order valence-corrected chi connectivity index (χ4v) is 5.13. The Morgan fingerprint density at radius 1 is 1.11 bits per heavy atom. The van der Waals surface area contributed by atoms with Crippen LogP contribution in [0.2, 0.25) is 0 Å². The third kappa shape index (κ3) is 5.38. The molecule has 8 heteroatoms. The molecule has 1 aliphatic carbocycles. The molecule has 2 fully saturated rings. The lowest BCUT2D eigenvalue weighted by molar-refractivity contribution is 0.0392. The normalized spacial score (nSPS) is 16.7. The summed E-state index contributed by atoms with van der Waals surface area (Å²) in [6.45, 7) is 7.04. The highest BCUT2D eigenvalue weighted by molar-refractivity contribution is 5.87. The molecular weight excluding hydrogens is 438 g/mol. The summed E-state index contributed by atoms with van der Waals surface area (Å²) in [5.41, 5.74) is 10.2. The smallest absolute Gasteiger partial charge is 0.222 e. The van der Waals surface area contributed by atoms with E-state index >= 15 is 0 Å². The monoisotopic (exact) mass is 477 g/mol. The quantitative estimate of drug-likeness (QED) is 0.382. The van der Waals surface area contributed by atoms with Crippen molar-refractivity contribution in [3.63, 3.8) is 0 Å². The molecule has 3 aromatic rings. The topological polar surface area (TPSA) is 84.5 Å². The summed E-state index contributed by atoms with van der Waals surface area (Å²) in [6, 6.07) is 10.2. The lowest BCUT2D eigenvalue weighted by Crippen LogP contribution is -2.58. The zero-order valence-corrected chi connectivity index (χ0v) is 21.3. The minimum absolute atomic E-state index is 0.298. The average Bonchev–Trinajstić information content (AvgIpc) is 3.60. The summed E-state index contributed by atoms with van der Waals surface area (Å²) in [5.74, 6) is 2.02. The van der Waals surface area contributed by atoms with E-state index in [0.717, 1.165) is 66.8 Å². The molecule has 2 aliphatic rings. The van der Waals surface area contributed by atoms with Gasteiger partial charge in [-0.3, -0.25) is 9.80 Å². The number of ether oxygens (including phenoxy) is 1. The third-order valence-electron chi connectivity index (χ3n) is 7.44. The highest BCUT2D eigenvalue weighted by Crippen LogP contribution is 2.31. The Bertz CT molecular complexity index is 1150. The van der Waals surface area contributed by atoms with Crippen molar-refractivity contribution in [1.29, 1.82) is 0 Å². The van der Waals surface area contributed by atoms with Gasteiger partial charge in [-0.25, -0.2) is 4.98 Å². The Kier molecular flexibility index (Phi) is 7.11. The van der Waals surface area contributed by atoms with Crippen LogP contribution in [0, 0.1) is 0 Å². The van der Waals surface area contributed by atoms with E-state index in [1.54, 1.807) is 7.11 Å². The highest BCUT2D eigenvalue weighted by Gasteiger charge is 2.37. The van der Waals surface area contributed by atoms with Gasteiger partial charge >= 0.3 is 0 Å². The Labute approximate surface area is 208 Å². The molecule has 188 valence electrons. The number of nitrogens with zero attached hydrogens (tertiary/aromatic N) is 5. The van der Waals surface area contributed by atoms with Gasteiger partial charge in [0.05, 0.1) is 19.2 Å². The summed E-state index contributed by atoms with van der Waals surface area (Å²) >= 11 is 0. The lowest BCUT2D eigenvalue weighted by atomic mass is 10.0. The largest absolute Gasteiger partial charge is 0.496 e. The van der Waals surface area contributed by atoms with Gasteiger partial charge in [0.2, 0.25) is 5.95 Å². The van der Waals surface area contributed by atoms with Gasteiger partial charge in [0.15, 0.2) is 5.82 Å². The van der Waals surface area contributed by atoms with Crippen molar-refractivity contribution < 1.29 is 4.74 Å². The molecule has 0 spiro atoms. The molecule has 0 atom stereocenters. The zero-order chi connectivity index (χ0) is 24.4. The van der Waals surface area contributed by atoms with E-state index in [1.165, 1.54) is 31.2 Å². The standard InChI is InChI=1S/C27H39N7O/c1-4-5-6-12-29-26-25-23(30-27(28)31-26)11-13-34(25)16-20-8-7-19(14-24(20)35-3)15-33-17-22(18-33)32(2)21-9-10-21/h7-8,11,13-14,21-22H,4-6,9-10,12,15-18H2,1-3H3,(H3,28,29,30,31). The average molecular weight is 478 g/mol. The van der Waals surface area contributed by atoms with E-state index in [2.05, 4.69) is 68.0 Å². The van der Waals surface area contributed by atoms with Gasteiger partial charge in [-0.05, 0) is 44.0 Å². The van der Waals surface area contributed by atoms with E-state index in [9.17, 15) is 0 Å². The Morgan fingerprint density at radius 2 is 1.94 bits per heavy atom. The van der Waals surface area contributed by atoms with Crippen molar-refractivity contribution >= 4 is 22.8 Å². The number of anilines is 2. The summed E-state index contributed by atoms with van der Waals surface area (Å²) in [4.78, 5) is 14.1. The molecule has 0 radical (unpaired) electrons. The molecule has 3 N–H and O–H groups in total. The number of hydrogen-bond donors (Lipinski definition) is 2. The predicted molar refractivity (Wildman–Crippen MR) is 142 cm³/mol. The number of unbranched alkanes of at least 4 members (excludes halogenated alkanes) is 2. The second-order valence-electron chi connectivity index (χ2n) is 10.1. The fraction of sp³-hybridized carbons (Fsp3) is 0.556. The van der Waals surface area contributed by atoms with Crippen molar-refractivity contribution in [3.05, 3.63) is 41.6 Å². The molecule has 5 rings (SSSR count). The van der Waals surface area contributed by atoms with Crippen LogP contribution in [0.25, 0.3) is 11.0 Å². The van der Waals surface area contributed by atoms with Gasteiger partial charge in [0.25, 0.3) is 0 Å². The number of nitrogens with one attached hydrogen (secondary N) is 1. The van der Waals surface area contributed by atoms with Crippen LogP contribution in [0.1, 0.15) is 50.2 Å². The van der Waals surface area contributed by atoms with Gasteiger partial charge in [0, 0.05) is 50.0 Å². The Morgan fingerprint density at radius 3 is 2.69 bits per heavy atom. The van der Waals surface area contributed by atoms with E-state index in [-0.39, 0.29) is 0 Å². The summed E-state index contributed by atoms with van der Waals surface area (Å²) < 4.78 is 8.00. The second-order valence-corrected chi connectivity index (χ2v) is 10.1. The molecule has 0 unspecified atom stereocenters. The van der Waals surface area contributed by atoms with Crippen molar-refractivity contribution in [2.75, 3.05) is 44.8 Å². The molecule has 3 heterocycles. The molecule has 0 bridgehead atoms. The molecular formula is C27H39N7O. The van der Waals surface area contributed by atoms with Crippen LogP contribution in [-0.2, 0) is 13.1 Å². The Hall–Kier alpha value is -2.84. The maximum absolute atomic E-state index is 5.98. The summed E-state index contributed by atoms with van der Waals surface area (Å²) in [5, 5.41) is 3.48. The van der Waals surface area contributed by atoms with E-state index in [1.807, 2.05) is 6.07 Å². The number of likely N-dealkylation sites (tertiary alicyclic amines) is 1. The van der Waals surface area contributed by atoms with E-state index < -0.39 is 0 Å². The number of nitrogen functional groups attached to an aromatic ring is 1. The van der Waals surface area contributed by atoms with Crippen LogP contribution in [-0.4, -0.2) is 70.2 Å². The van der Waals surface area contributed by atoms with Crippen LogP contribution in [0.4, 0.5) is 11.8 Å². The van der Waals surface area contributed by atoms with Gasteiger partial charge in [-0.15, -0.1) is 0 Å². The zero-order valence-electron chi connectivity index (χ0n) is 21.3. The number of likely N-dealkylation sites (N-methyl/N-ethyl adjacent to an activating group) is 1. The molecule has 2 aromatic heterocycles. The number of hydrogen-bond acceptors (Lipinski definition) is 7. The first-order valence-corrected chi connectivity index (χ1v) is 13.0. The number of benzene rings is 1. The molecule has 1 saturated heterocycles. The number of nitrogens with two attached hydrogens (primary N) is 1. The van der Waals surface area contributed by atoms with E-state index in [0.29, 0.717) is 18.5 Å². The molecule has 0 amide bonds. The highest BCUT2D eigenvalue weighted by atomic mass is 16.5. The van der Waals surface area contributed by atoms with Crippen molar-refractivity contribution in [2.24, 2.45) is 0 Å². The molecule has 1 aromatic carbocycles. The third-order valence-corrected chi connectivity index (χ3v) is 7.44. The molecule has 35 heavy (non-hydrogen) atoms. The van der Waals surface area contributed by atoms with Crippen molar-refractivity contribution in [1.82, 2.24) is 24.3 Å². The first-order valence-electron chi connectivity index (χ1n) is 13.0. The van der Waals surface area contributed by atoms with Crippen LogP contribution in [0.15, 0.2) is 30.5 Å². The molecule has 1 saturated carbocycles. The lowest BCUT2D eigenvalue weighted by Gasteiger charge is -2.44. The molecule has 8 nitrogen and oxygen atoms in total. The van der Waals surface area contributed by atoms with Crippen LogP contribution in [0.5, 0.6) is 5.75 Å². The van der Waals surface area contributed by atoms with Gasteiger partial charge in [-0.2, -0.15) is 4.98 Å². The minimum atomic E-state index is 0.298. The van der Waals surface area contributed by atoms with Crippen molar-refractivity contribution in [3.8, 4) is 5.75 Å². The fourth-order valence-electron chi connectivity index (χ4n) is 5.13. The number of fused-ring (bicyclic) bond motifs is 1. The summed E-state index contributed by atoms with van der Waals surface area (Å²) in [7, 11) is 4.04. The van der Waals surface area contributed by atoms with Crippen LogP contribution < -0.4 is 15.8 Å². The van der Waals surface area contributed by atoms with Gasteiger partial charge in [0.1, 0.15) is 11.3 Å². The minimum Gasteiger partial charge on any atom is -0.496 e. The summed E-state index contributed by atoms with van der Waals surface area (Å²) in [6.07, 6.45) is 8.28. The van der Waals surface area contributed by atoms with E-state index in [4.69, 9.17) is 10.5 Å². The first-order chi connectivity index (χ1) is 17.1. The number of aromatic nitrogens is 3. The molecule has 1 aliphatic heterocycles. The number of methoxy groups -OCH3 is 1. The van der Waals surface area contributed by atoms with Crippen LogP contribution >= 0.6 is 0 Å². The number of rotatable bonds is 12. The Balaban J connectivity index is 1.28. The SMILES string of the molecule is CCCCCNc1nc(N)nc2ccn(Cc3ccc(CN4CC(N(C)C5CC5)C4)cc3OC)c12. The first kappa shape index (κ1) is 23.9. The second kappa shape index (κ2) is 10.4. The van der Waals surface area contributed by atoms with Gasteiger partial charge < -0.3 is 20.4 Å². The van der Waals surface area contributed by atoms with Crippen molar-refractivity contribution in [2.45, 2.75) is 64.2 Å².